The Balaban J connectivity index is 2.05. The lowest BCUT2D eigenvalue weighted by Crippen LogP contribution is -2.52. The Morgan fingerprint density at radius 1 is 1.54 bits per heavy atom. The number of ether oxygens (including phenoxy) is 1. The number of nitrogens with one attached hydrogen (secondary N) is 1. The van der Waals surface area contributed by atoms with Gasteiger partial charge in [0, 0.05) is 5.56 Å². The first-order valence-corrected chi connectivity index (χ1v) is 9.41. The molecule has 8 nitrogen and oxygen atoms in total. The Kier molecular flexibility index (Phi) is 5.39. The van der Waals surface area contributed by atoms with Gasteiger partial charge in [-0.25, -0.2) is 14.0 Å². The number of hydrogen-bond acceptors (Lipinski definition) is 5. The van der Waals surface area contributed by atoms with Crippen LogP contribution in [-0.4, -0.2) is 38.7 Å². The van der Waals surface area contributed by atoms with E-state index in [9.17, 15) is 19.1 Å². The molecule has 2 amide bonds. The summed E-state index contributed by atoms with van der Waals surface area (Å²) >= 11 is 8.76. The lowest BCUT2D eigenvalue weighted by Gasteiger charge is -2.37. The van der Waals surface area contributed by atoms with Gasteiger partial charge in [0.05, 0.1) is 35.0 Å². The van der Waals surface area contributed by atoms with Gasteiger partial charge in [-0.3, -0.25) is 4.68 Å². The number of carbonyl (C=O) groups excluding carboxylic acids is 1. The van der Waals surface area contributed by atoms with Crippen molar-refractivity contribution >= 4 is 51.0 Å². The third-order valence-corrected chi connectivity index (χ3v) is 5.19. The minimum atomic E-state index is -1.54. The maximum absolute atomic E-state index is 14.7. The van der Waals surface area contributed by atoms with Gasteiger partial charge in [-0.1, -0.05) is 12.2 Å². The standard InChI is InChI=1S/C17H16BrFN4O4S/c1-3-27-16(26)23(15(24)25)9-4-5-12(19)10(6-9)17(2)8-22-13(14(28)21-17)11(18)7-20-22/h4-7H,3,8H2,1-2H3,(H,21,28)(H,24,25). The molecule has 1 atom stereocenters. The molecule has 148 valence electrons. The molecule has 0 fully saturated rings. The van der Waals surface area contributed by atoms with E-state index in [1.165, 1.54) is 12.1 Å². The van der Waals surface area contributed by atoms with Gasteiger partial charge >= 0.3 is 12.2 Å². The molecule has 1 aromatic heterocycles. The van der Waals surface area contributed by atoms with E-state index in [0.29, 0.717) is 20.1 Å². The molecular weight excluding hydrogens is 455 g/mol. The van der Waals surface area contributed by atoms with Gasteiger partial charge in [-0.15, -0.1) is 0 Å². The predicted octanol–water partition coefficient (Wildman–Crippen LogP) is 3.62. The summed E-state index contributed by atoms with van der Waals surface area (Å²) in [5.41, 5.74) is -0.249. The van der Waals surface area contributed by atoms with Crippen LogP contribution in [-0.2, 0) is 16.8 Å². The van der Waals surface area contributed by atoms with Crippen LogP contribution in [0.5, 0.6) is 0 Å². The van der Waals surface area contributed by atoms with Gasteiger partial charge < -0.3 is 15.2 Å². The minimum Gasteiger partial charge on any atom is -0.464 e. The van der Waals surface area contributed by atoms with Crippen molar-refractivity contribution in [1.82, 2.24) is 15.1 Å². The van der Waals surface area contributed by atoms with Crippen LogP contribution in [0.1, 0.15) is 25.1 Å². The second kappa shape index (κ2) is 7.47. The molecule has 1 unspecified atom stereocenters. The molecule has 1 aliphatic heterocycles. The quantitative estimate of drug-likeness (QED) is 0.661. The van der Waals surface area contributed by atoms with Gasteiger partial charge in [0.2, 0.25) is 0 Å². The zero-order chi connectivity index (χ0) is 20.6. The highest BCUT2D eigenvalue weighted by Gasteiger charge is 2.38. The van der Waals surface area contributed by atoms with Crippen molar-refractivity contribution in [3.05, 3.63) is 45.9 Å². The molecule has 0 saturated carbocycles. The van der Waals surface area contributed by atoms with E-state index in [1.54, 1.807) is 24.7 Å². The van der Waals surface area contributed by atoms with Crippen LogP contribution < -0.4 is 10.2 Å². The second-order valence-electron chi connectivity index (χ2n) is 6.27. The van der Waals surface area contributed by atoms with Crippen LogP contribution in [0.3, 0.4) is 0 Å². The number of fused-ring (bicyclic) bond motifs is 1. The lowest BCUT2D eigenvalue weighted by atomic mass is 9.89. The Morgan fingerprint density at radius 2 is 2.25 bits per heavy atom. The molecule has 1 aliphatic rings. The van der Waals surface area contributed by atoms with Gasteiger partial charge in [-0.2, -0.15) is 10.00 Å². The summed E-state index contributed by atoms with van der Waals surface area (Å²) in [7, 11) is 0. The number of aromatic nitrogens is 2. The molecule has 0 spiro atoms. The summed E-state index contributed by atoms with van der Waals surface area (Å²) in [6.45, 7) is 3.51. The van der Waals surface area contributed by atoms with E-state index in [2.05, 4.69) is 26.3 Å². The Labute approximate surface area is 173 Å². The number of anilines is 1. The number of amides is 2. The van der Waals surface area contributed by atoms with Crippen LogP contribution in [0.2, 0.25) is 0 Å². The topological polar surface area (TPSA) is 96.7 Å². The average Bonchev–Trinajstić information content (AvgIpc) is 2.97. The monoisotopic (exact) mass is 470 g/mol. The molecule has 1 aromatic carbocycles. The van der Waals surface area contributed by atoms with Crippen molar-refractivity contribution in [2.45, 2.75) is 25.9 Å². The van der Waals surface area contributed by atoms with Crippen molar-refractivity contribution in [2.75, 3.05) is 11.5 Å². The molecule has 11 heteroatoms. The molecule has 0 bridgehead atoms. The third-order valence-electron chi connectivity index (χ3n) is 4.31. The number of benzene rings is 1. The third kappa shape index (κ3) is 3.47. The highest BCUT2D eigenvalue weighted by Crippen LogP contribution is 2.34. The van der Waals surface area contributed by atoms with Gasteiger partial charge in [-0.05, 0) is 48.0 Å². The summed E-state index contributed by atoms with van der Waals surface area (Å²) in [4.78, 5) is 24.4. The Bertz CT molecular complexity index is 982. The number of thiocarbonyl (C=S) groups is 1. The van der Waals surface area contributed by atoms with Crippen LogP contribution in [0.4, 0.5) is 19.7 Å². The first-order chi connectivity index (χ1) is 13.2. The Hall–Kier alpha value is -2.53. The molecule has 0 aliphatic carbocycles. The molecule has 28 heavy (non-hydrogen) atoms. The number of hydrogen-bond donors (Lipinski definition) is 2. The van der Waals surface area contributed by atoms with E-state index in [1.807, 2.05) is 0 Å². The van der Waals surface area contributed by atoms with Crippen LogP contribution in [0, 0.1) is 5.82 Å². The predicted molar refractivity (Wildman–Crippen MR) is 106 cm³/mol. The van der Waals surface area contributed by atoms with E-state index in [0.717, 1.165) is 6.07 Å². The average molecular weight is 471 g/mol. The van der Waals surface area contributed by atoms with E-state index < -0.39 is 23.5 Å². The summed E-state index contributed by atoms with van der Waals surface area (Å²) in [5.74, 6) is -0.578. The van der Waals surface area contributed by atoms with E-state index in [-0.39, 0.29) is 24.4 Å². The fourth-order valence-corrected chi connectivity index (χ4v) is 4.13. The van der Waals surface area contributed by atoms with Crippen LogP contribution in [0.15, 0.2) is 28.9 Å². The lowest BCUT2D eigenvalue weighted by molar-refractivity contribution is 0.154. The largest absolute Gasteiger partial charge is 0.464 e. The number of nitrogens with zero attached hydrogens (tertiary/aromatic N) is 3. The second-order valence-corrected chi connectivity index (χ2v) is 7.53. The van der Waals surface area contributed by atoms with Crippen molar-refractivity contribution in [1.29, 1.82) is 0 Å². The van der Waals surface area contributed by atoms with Crippen LogP contribution in [0.25, 0.3) is 0 Å². The molecule has 0 saturated heterocycles. The number of halogens is 2. The molecule has 2 heterocycles. The smallest absolute Gasteiger partial charge is 0.423 e. The summed E-state index contributed by atoms with van der Waals surface area (Å²) in [6.07, 6.45) is -1.01. The van der Waals surface area contributed by atoms with Crippen molar-refractivity contribution in [2.24, 2.45) is 0 Å². The zero-order valence-corrected chi connectivity index (χ0v) is 17.3. The number of imide groups is 1. The maximum atomic E-state index is 14.7. The first-order valence-electron chi connectivity index (χ1n) is 8.21. The van der Waals surface area contributed by atoms with Gasteiger partial charge in [0.1, 0.15) is 16.5 Å². The summed E-state index contributed by atoms with van der Waals surface area (Å²) in [6, 6.07) is 3.59. The van der Waals surface area contributed by atoms with Crippen molar-refractivity contribution in [3.8, 4) is 0 Å². The maximum Gasteiger partial charge on any atom is 0.423 e. The molecule has 2 N–H and O–H groups in total. The first kappa shape index (κ1) is 20.2. The van der Waals surface area contributed by atoms with Crippen molar-refractivity contribution < 1.29 is 23.8 Å². The van der Waals surface area contributed by atoms with E-state index in [4.69, 9.17) is 17.0 Å². The normalized spacial score (nSPS) is 18.2. The van der Waals surface area contributed by atoms with Gasteiger partial charge in [0.15, 0.2) is 0 Å². The fourth-order valence-electron chi connectivity index (χ4n) is 3.07. The molecule has 0 radical (unpaired) electrons. The summed E-state index contributed by atoms with van der Waals surface area (Å²) in [5, 5.41) is 16.7. The highest BCUT2D eigenvalue weighted by molar-refractivity contribution is 9.10. The molecular formula is C17H16BrFN4O4S. The molecule has 2 aromatic rings. The van der Waals surface area contributed by atoms with E-state index >= 15 is 0 Å². The molecule has 3 rings (SSSR count). The number of carbonyl (C=O) groups is 2. The zero-order valence-electron chi connectivity index (χ0n) is 14.9. The fraction of sp³-hybridized carbons (Fsp3) is 0.294. The van der Waals surface area contributed by atoms with Gasteiger partial charge in [0.25, 0.3) is 0 Å². The van der Waals surface area contributed by atoms with Crippen LogP contribution >= 0.6 is 28.1 Å². The van der Waals surface area contributed by atoms with Crippen molar-refractivity contribution in [3.63, 3.8) is 0 Å². The highest BCUT2D eigenvalue weighted by atomic mass is 79.9. The summed E-state index contributed by atoms with van der Waals surface area (Å²) < 4.78 is 21.8. The minimum absolute atomic E-state index is 0.00115. The SMILES string of the molecule is CCOC(=O)N(C(=O)O)c1ccc(F)c(C2(C)Cn3ncc(Br)c3C(=S)N2)c1. The number of rotatable bonds is 3. The Morgan fingerprint density at radius 3 is 2.89 bits per heavy atom. The number of carboxylic acid groups (broad SMARTS) is 1.